The Morgan fingerprint density at radius 3 is 2.81 bits per heavy atom. The molecule has 7 nitrogen and oxygen atoms in total. The smallest absolute Gasteiger partial charge is 0.241 e. The third-order valence-electron chi connectivity index (χ3n) is 7.78. The number of anilines is 1. The van der Waals surface area contributed by atoms with Crippen LogP contribution < -0.4 is 10.2 Å². The summed E-state index contributed by atoms with van der Waals surface area (Å²) in [5.74, 6) is -0.113. The van der Waals surface area contributed by atoms with Gasteiger partial charge in [0.05, 0.1) is 25.4 Å². The maximum Gasteiger partial charge on any atom is 0.241 e. The van der Waals surface area contributed by atoms with Gasteiger partial charge in [-0.1, -0.05) is 32.0 Å². The van der Waals surface area contributed by atoms with E-state index >= 15 is 0 Å². The molecule has 4 heterocycles. The maximum absolute atomic E-state index is 14.3. The highest BCUT2D eigenvalue weighted by Gasteiger charge is 2.40. The molecule has 0 radical (unpaired) electrons. The zero-order valence-electron chi connectivity index (χ0n) is 21.7. The predicted molar refractivity (Wildman–Crippen MR) is 139 cm³/mol. The molecule has 1 aromatic heterocycles. The molecule has 3 aliphatic heterocycles. The number of carbonyl (C=O) groups excluding carboxylic acids is 1. The number of rotatable bonds is 6. The van der Waals surface area contributed by atoms with Crippen molar-refractivity contribution in [3.63, 3.8) is 0 Å². The molecule has 2 fully saturated rings. The number of ether oxygens (including phenoxy) is 1. The fraction of sp³-hybridized carbons (Fsp3) is 0.571. The number of amides is 1. The van der Waals surface area contributed by atoms with Crippen LogP contribution in [0, 0.1) is 5.82 Å². The van der Waals surface area contributed by atoms with Crippen LogP contribution in [0.1, 0.15) is 37.6 Å². The molecule has 3 aliphatic rings. The SMILES string of the molecule is C[C@@H]1CN(CC(=O)N2CC(C)(C)c3cnc(Cc4ccccc4F)cc32)[C@@H](CN2CCOCC2)CN1. The molecule has 2 saturated heterocycles. The second-order valence-electron chi connectivity index (χ2n) is 11.1. The van der Waals surface area contributed by atoms with Gasteiger partial charge in [-0.2, -0.15) is 0 Å². The van der Waals surface area contributed by atoms with Crippen molar-refractivity contribution < 1.29 is 13.9 Å². The van der Waals surface area contributed by atoms with Crippen molar-refractivity contribution in [2.45, 2.75) is 44.7 Å². The topological polar surface area (TPSA) is 60.9 Å². The van der Waals surface area contributed by atoms with Gasteiger partial charge in [-0.25, -0.2) is 4.39 Å². The number of benzene rings is 1. The molecule has 1 N–H and O–H groups in total. The average Bonchev–Trinajstić information content (AvgIpc) is 3.13. The predicted octanol–water partition coefficient (Wildman–Crippen LogP) is 2.43. The summed E-state index contributed by atoms with van der Waals surface area (Å²) >= 11 is 0. The number of morpholine rings is 1. The van der Waals surface area contributed by atoms with Crippen molar-refractivity contribution in [3.05, 3.63) is 59.2 Å². The van der Waals surface area contributed by atoms with E-state index in [9.17, 15) is 9.18 Å². The Morgan fingerprint density at radius 2 is 2.03 bits per heavy atom. The number of nitrogens with zero attached hydrogens (tertiary/aromatic N) is 4. The summed E-state index contributed by atoms with van der Waals surface area (Å²) in [4.78, 5) is 25.1. The zero-order chi connectivity index (χ0) is 25.3. The minimum absolute atomic E-state index is 0.117. The molecule has 2 atom stereocenters. The normalized spacial score (nSPS) is 24.6. The highest BCUT2D eigenvalue weighted by atomic mass is 19.1. The summed E-state index contributed by atoms with van der Waals surface area (Å²) in [6.45, 7) is 13.6. The molecule has 5 rings (SSSR count). The van der Waals surface area contributed by atoms with E-state index in [1.165, 1.54) is 6.07 Å². The van der Waals surface area contributed by atoms with Crippen molar-refractivity contribution in [1.29, 1.82) is 0 Å². The molecule has 36 heavy (non-hydrogen) atoms. The number of carbonyl (C=O) groups is 1. The van der Waals surface area contributed by atoms with Gasteiger partial charge >= 0.3 is 0 Å². The standard InChI is InChI=1S/C28H38FN5O2/c1-20-16-33(23(14-30-20)17-32-8-10-36-11-9-32)18-27(35)34-19-28(2,3)24-15-31-22(13-26(24)34)12-21-6-4-5-7-25(21)29/h4-7,13,15,20,23,30H,8-12,14,16-19H2,1-3H3/t20-,23-/m1/s1. The Hall–Kier alpha value is -2.39. The lowest BCUT2D eigenvalue weighted by molar-refractivity contribution is -0.121. The molecule has 1 amide bonds. The van der Waals surface area contributed by atoms with Gasteiger partial charge in [0, 0.05) is 80.6 Å². The van der Waals surface area contributed by atoms with E-state index in [4.69, 9.17) is 4.74 Å². The fourth-order valence-electron chi connectivity index (χ4n) is 5.70. The number of piperazine rings is 1. The maximum atomic E-state index is 14.3. The van der Waals surface area contributed by atoms with E-state index in [0.29, 0.717) is 31.1 Å². The largest absolute Gasteiger partial charge is 0.379 e. The second kappa shape index (κ2) is 10.5. The van der Waals surface area contributed by atoms with Crippen molar-refractivity contribution in [2.24, 2.45) is 0 Å². The van der Waals surface area contributed by atoms with E-state index in [-0.39, 0.29) is 23.2 Å². The Balaban J connectivity index is 1.33. The first-order chi connectivity index (χ1) is 17.3. The monoisotopic (exact) mass is 495 g/mol. The highest BCUT2D eigenvalue weighted by molar-refractivity contribution is 5.97. The van der Waals surface area contributed by atoms with Gasteiger partial charge in [-0.3, -0.25) is 19.6 Å². The minimum atomic E-state index is -0.229. The van der Waals surface area contributed by atoms with Gasteiger partial charge < -0.3 is 15.0 Å². The summed E-state index contributed by atoms with van der Waals surface area (Å²) in [5, 5.41) is 3.59. The summed E-state index contributed by atoms with van der Waals surface area (Å²) in [6.07, 6.45) is 2.28. The van der Waals surface area contributed by atoms with Gasteiger partial charge in [0.1, 0.15) is 5.82 Å². The summed E-state index contributed by atoms with van der Waals surface area (Å²) in [5.41, 5.74) is 3.19. The lowest BCUT2D eigenvalue weighted by Crippen LogP contribution is -2.61. The van der Waals surface area contributed by atoms with Crippen LogP contribution >= 0.6 is 0 Å². The molecule has 8 heteroatoms. The van der Waals surface area contributed by atoms with Crippen LogP contribution in [0.3, 0.4) is 0 Å². The van der Waals surface area contributed by atoms with Crippen LogP contribution in [0.4, 0.5) is 10.1 Å². The number of hydrogen-bond donors (Lipinski definition) is 1. The quantitative estimate of drug-likeness (QED) is 0.664. The third kappa shape index (κ3) is 5.47. The first-order valence-corrected chi connectivity index (χ1v) is 13.1. The number of nitrogens with one attached hydrogen (secondary N) is 1. The Kier molecular flexibility index (Phi) is 7.40. The Bertz CT molecular complexity index is 1090. The van der Waals surface area contributed by atoms with Crippen LogP contribution in [-0.4, -0.2) is 91.8 Å². The lowest BCUT2D eigenvalue weighted by Gasteiger charge is -2.42. The fourth-order valence-corrected chi connectivity index (χ4v) is 5.70. The summed E-state index contributed by atoms with van der Waals surface area (Å²) in [6, 6.07) is 9.42. The number of hydrogen-bond acceptors (Lipinski definition) is 6. The molecule has 0 spiro atoms. The van der Waals surface area contributed by atoms with Crippen molar-refractivity contribution in [3.8, 4) is 0 Å². The van der Waals surface area contributed by atoms with Gasteiger partial charge in [0.25, 0.3) is 0 Å². The summed E-state index contributed by atoms with van der Waals surface area (Å²) < 4.78 is 19.8. The average molecular weight is 496 g/mol. The van der Waals surface area contributed by atoms with Crippen LogP contribution in [0.2, 0.25) is 0 Å². The first-order valence-electron chi connectivity index (χ1n) is 13.1. The van der Waals surface area contributed by atoms with E-state index < -0.39 is 0 Å². The molecule has 0 bridgehead atoms. The molecular formula is C28H38FN5O2. The highest BCUT2D eigenvalue weighted by Crippen LogP contribution is 2.40. The number of fused-ring (bicyclic) bond motifs is 1. The molecule has 0 aliphatic carbocycles. The van der Waals surface area contributed by atoms with Crippen molar-refractivity contribution in [2.75, 3.05) is 63.9 Å². The molecule has 1 aromatic carbocycles. The molecular weight excluding hydrogens is 457 g/mol. The molecule has 194 valence electrons. The van der Waals surface area contributed by atoms with Gasteiger partial charge in [0.15, 0.2) is 0 Å². The van der Waals surface area contributed by atoms with E-state index in [1.807, 2.05) is 23.2 Å². The lowest BCUT2D eigenvalue weighted by atomic mass is 9.88. The first kappa shape index (κ1) is 25.3. The molecule has 2 aromatic rings. The number of halogens is 1. The van der Waals surface area contributed by atoms with Crippen LogP contribution in [0.5, 0.6) is 0 Å². The van der Waals surface area contributed by atoms with E-state index in [1.54, 1.807) is 12.1 Å². The van der Waals surface area contributed by atoms with Crippen LogP contribution in [0.15, 0.2) is 36.5 Å². The Morgan fingerprint density at radius 1 is 1.25 bits per heavy atom. The van der Waals surface area contributed by atoms with Crippen molar-refractivity contribution >= 4 is 11.6 Å². The third-order valence-corrected chi connectivity index (χ3v) is 7.78. The number of aromatic nitrogens is 1. The zero-order valence-corrected chi connectivity index (χ0v) is 21.7. The van der Waals surface area contributed by atoms with Gasteiger partial charge in [-0.05, 0) is 24.6 Å². The van der Waals surface area contributed by atoms with E-state index in [0.717, 1.165) is 62.9 Å². The summed E-state index contributed by atoms with van der Waals surface area (Å²) in [7, 11) is 0. The van der Waals surface area contributed by atoms with Gasteiger partial charge in [-0.15, -0.1) is 0 Å². The second-order valence-corrected chi connectivity index (χ2v) is 11.1. The Labute approximate surface area is 213 Å². The van der Waals surface area contributed by atoms with Crippen LogP contribution in [-0.2, 0) is 21.4 Å². The van der Waals surface area contributed by atoms with E-state index in [2.05, 4.69) is 40.9 Å². The van der Waals surface area contributed by atoms with Crippen LogP contribution in [0.25, 0.3) is 0 Å². The van der Waals surface area contributed by atoms with Crippen molar-refractivity contribution in [1.82, 2.24) is 20.1 Å². The number of pyridine rings is 1. The minimum Gasteiger partial charge on any atom is -0.379 e. The molecule has 0 saturated carbocycles. The molecule has 0 unspecified atom stereocenters. The van der Waals surface area contributed by atoms with Gasteiger partial charge in [0.2, 0.25) is 5.91 Å².